The molecule has 6 heteroatoms. The number of likely N-dealkylation sites (tertiary alicyclic amines) is 1. The number of aromatic nitrogens is 1. The number of carbonyl (C=O) groups is 2. The Morgan fingerprint density at radius 3 is 2.50 bits per heavy atom. The third-order valence-corrected chi connectivity index (χ3v) is 4.33. The van der Waals surface area contributed by atoms with Crippen LogP contribution in [0.2, 0.25) is 0 Å². The van der Waals surface area contributed by atoms with Gasteiger partial charge in [0.2, 0.25) is 0 Å². The topological polar surface area (TPSA) is 65.2 Å². The highest BCUT2D eigenvalue weighted by Gasteiger charge is 2.28. The third-order valence-electron chi connectivity index (χ3n) is 4.33. The van der Waals surface area contributed by atoms with Crippen LogP contribution in [0.4, 0.5) is 0 Å². The van der Waals surface area contributed by atoms with Gasteiger partial charge >= 0.3 is 0 Å². The SMILES string of the molecule is CNCC1CCCN1C(=O)c1ccc(C(=O)c2cc[nH]c2)cc1.Cl. The molecule has 1 unspecified atom stereocenters. The summed E-state index contributed by atoms with van der Waals surface area (Å²) in [7, 11) is 1.91. The molecule has 1 aromatic carbocycles. The summed E-state index contributed by atoms with van der Waals surface area (Å²) in [6.07, 6.45) is 5.48. The molecule has 2 N–H and O–H groups in total. The van der Waals surface area contributed by atoms with Gasteiger partial charge in [0.1, 0.15) is 0 Å². The molecule has 1 amide bonds. The summed E-state index contributed by atoms with van der Waals surface area (Å²) in [5.74, 6) is 0.00266. The average Bonchev–Trinajstić information content (AvgIpc) is 3.26. The molecule has 1 aliphatic rings. The lowest BCUT2D eigenvalue weighted by molar-refractivity contribution is 0.0736. The first-order valence-corrected chi connectivity index (χ1v) is 7.94. The quantitative estimate of drug-likeness (QED) is 0.817. The van der Waals surface area contributed by atoms with Crippen LogP contribution in [0, 0.1) is 0 Å². The molecule has 5 nitrogen and oxygen atoms in total. The van der Waals surface area contributed by atoms with Crippen LogP contribution in [-0.4, -0.2) is 47.8 Å². The molecule has 128 valence electrons. The highest BCUT2D eigenvalue weighted by Crippen LogP contribution is 2.20. The predicted octanol–water partition coefficient (Wildman–Crippen LogP) is 2.49. The zero-order valence-electron chi connectivity index (χ0n) is 13.6. The van der Waals surface area contributed by atoms with E-state index < -0.39 is 0 Å². The molecular weight excluding hydrogens is 326 g/mol. The largest absolute Gasteiger partial charge is 0.367 e. The average molecular weight is 348 g/mol. The highest BCUT2D eigenvalue weighted by atomic mass is 35.5. The Bertz CT molecular complexity index is 683. The van der Waals surface area contributed by atoms with Gasteiger partial charge in [0.05, 0.1) is 0 Å². The van der Waals surface area contributed by atoms with Crippen LogP contribution in [0.3, 0.4) is 0 Å². The maximum absolute atomic E-state index is 12.7. The zero-order valence-corrected chi connectivity index (χ0v) is 14.4. The number of carbonyl (C=O) groups excluding carboxylic acids is 2. The minimum atomic E-state index is -0.0421. The molecule has 0 radical (unpaired) electrons. The van der Waals surface area contributed by atoms with E-state index in [9.17, 15) is 9.59 Å². The van der Waals surface area contributed by atoms with E-state index in [0.29, 0.717) is 16.7 Å². The van der Waals surface area contributed by atoms with Crippen LogP contribution in [-0.2, 0) is 0 Å². The first-order valence-electron chi connectivity index (χ1n) is 7.94. The number of H-pyrrole nitrogens is 1. The second-order valence-electron chi connectivity index (χ2n) is 5.86. The van der Waals surface area contributed by atoms with Crippen molar-refractivity contribution in [2.24, 2.45) is 0 Å². The number of hydrogen-bond donors (Lipinski definition) is 2. The van der Waals surface area contributed by atoms with Crippen molar-refractivity contribution < 1.29 is 9.59 Å². The van der Waals surface area contributed by atoms with Crippen molar-refractivity contribution in [3.63, 3.8) is 0 Å². The smallest absolute Gasteiger partial charge is 0.254 e. The summed E-state index contributed by atoms with van der Waals surface area (Å²) < 4.78 is 0. The Morgan fingerprint density at radius 1 is 1.17 bits per heavy atom. The second kappa shape index (κ2) is 8.13. The summed E-state index contributed by atoms with van der Waals surface area (Å²) in [6.45, 7) is 1.62. The van der Waals surface area contributed by atoms with Crippen LogP contribution in [0.5, 0.6) is 0 Å². The van der Waals surface area contributed by atoms with Crippen molar-refractivity contribution in [1.82, 2.24) is 15.2 Å². The molecule has 0 bridgehead atoms. The first kappa shape index (κ1) is 18.2. The molecule has 2 heterocycles. The second-order valence-corrected chi connectivity index (χ2v) is 5.86. The van der Waals surface area contributed by atoms with Gasteiger partial charge in [-0.2, -0.15) is 0 Å². The number of aromatic amines is 1. The van der Waals surface area contributed by atoms with Crippen molar-refractivity contribution in [3.05, 3.63) is 59.4 Å². The Hall–Kier alpha value is -2.11. The fourth-order valence-corrected chi connectivity index (χ4v) is 3.11. The van der Waals surface area contributed by atoms with Crippen molar-refractivity contribution in [3.8, 4) is 0 Å². The zero-order chi connectivity index (χ0) is 16.2. The number of ketones is 1. The number of amides is 1. The monoisotopic (exact) mass is 347 g/mol. The van der Waals surface area contributed by atoms with Gasteiger partial charge in [0.25, 0.3) is 5.91 Å². The standard InChI is InChI=1S/C18H21N3O2.ClH/c1-19-12-16-3-2-10-21(16)18(23)14-6-4-13(5-7-14)17(22)15-8-9-20-11-15;/h4-9,11,16,19-20H,2-3,10,12H2,1H3;1H. The highest BCUT2D eigenvalue weighted by molar-refractivity contribution is 6.09. The molecule has 1 saturated heterocycles. The van der Waals surface area contributed by atoms with Gasteiger partial charge in [-0.15, -0.1) is 12.4 Å². The molecule has 3 rings (SSSR count). The van der Waals surface area contributed by atoms with E-state index in [2.05, 4.69) is 10.3 Å². The lowest BCUT2D eigenvalue weighted by atomic mass is 10.0. The van der Waals surface area contributed by atoms with Gasteiger partial charge in [-0.05, 0) is 38.1 Å². The van der Waals surface area contributed by atoms with E-state index in [1.54, 1.807) is 42.7 Å². The summed E-state index contributed by atoms with van der Waals surface area (Å²) in [4.78, 5) is 29.7. The molecule has 1 atom stereocenters. The van der Waals surface area contributed by atoms with E-state index in [4.69, 9.17) is 0 Å². The Balaban J connectivity index is 0.00000208. The van der Waals surface area contributed by atoms with E-state index in [1.165, 1.54) is 0 Å². The number of rotatable bonds is 5. The van der Waals surface area contributed by atoms with Crippen molar-refractivity contribution in [1.29, 1.82) is 0 Å². The van der Waals surface area contributed by atoms with Gasteiger partial charge < -0.3 is 15.2 Å². The van der Waals surface area contributed by atoms with E-state index >= 15 is 0 Å². The van der Waals surface area contributed by atoms with Crippen LogP contribution in [0.1, 0.15) is 39.1 Å². The van der Waals surface area contributed by atoms with Crippen LogP contribution >= 0.6 is 12.4 Å². The normalized spacial score (nSPS) is 16.7. The van der Waals surface area contributed by atoms with Crippen LogP contribution < -0.4 is 5.32 Å². The maximum atomic E-state index is 12.7. The fourth-order valence-electron chi connectivity index (χ4n) is 3.11. The predicted molar refractivity (Wildman–Crippen MR) is 95.9 cm³/mol. The molecule has 0 aliphatic carbocycles. The number of nitrogens with one attached hydrogen (secondary N) is 2. The molecule has 24 heavy (non-hydrogen) atoms. The van der Waals surface area contributed by atoms with Gasteiger partial charge in [0.15, 0.2) is 5.78 Å². The summed E-state index contributed by atoms with van der Waals surface area (Å²) in [6, 6.07) is 8.95. The lowest BCUT2D eigenvalue weighted by Gasteiger charge is -2.24. The third kappa shape index (κ3) is 3.68. The Labute approximate surface area is 147 Å². The molecule has 1 aliphatic heterocycles. The van der Waals surface area contributed by atoms with E-state index in [1.807, 2.05) is 11.9 Å². The van der Waals surface area contributed by atoms with Crippen molar-refractivity contribution in [2.75, 3.05) is 20.1 Å². The van der Waals surface area contributed by atoms with Crippen LogP contribution in [0.25, 0.3) is 0 Å². The molecule has 0 saturated carbocycles. The van der Waals surface area contributed by atoms with Gasteiger partial charge in [-0.25, -0.2) is 0 Å². The number of halogens is 1. The Kier molecular flexibility index (Phi) is 6.17. The van der Waals surface area contributed by atoms with Gasteiger partial charge in [-0.3, -0.25) is 9.59 Å². The van der Waals surface area contributed by atoms with E-state index in [0.717, 1.165) is 25.9 Å². The summed E-state index contributed by atoms with van der Waals surface area (Å²) >= 11 is 0. The van der Waals surface area contributed by atoms with Gasteiger partial charge in [-0.1, -0.05) is 12.1 Å². The molecular formula is C18H22ClN3O2. The maximum Gasteiger partial charge on any atom is 0.254 e. The lowest BCUT2D eigenvalue weighted by Crippen LogP contribution is -2.40. The van der Waals surface area contributed by atoms with Crippen molar-refractivity contribution in [2.45, 2.75) is 18.9 Å². The molecule has 1 fully saturated rings. The van der Waals surface area contributed by atoms with E-state index in [-0.39, 0.29) is 30.1 Å². The van der Waals surface area contributed by atoms with Crippen molar-refractivity contribution >= 4 is 24.1 Å². The number of likely N-dealkylation sites (N-methyl/N-ethyl adjacent to an activating group) is 1. The minimum Gasteiger partial charge on any atom is -0.367 e. The molecule has 1 aromatic heterocycles. The summed E-state index contributed by atoms with van der Waals surface area (Å²) in [5.41, 5.74) is 1.85. The summed E-state index contributed by atoms with van der Waals surface area (Å²) in [5, 5.41) is 3.14. The van der Waals surface area contributed by atoms with Gasteiger partial charge in [0, 0.05) is 48.2 Å². The minimum absolute atomic E-state index is 0. The number of nitrogens with zero attached hydrogens (tertiary/aromatic N) is 1. The fraction of sp³-hybridized carbons (Fsp3) is 0.333. The Morgan fingerprint density at radius 2 is 1.88 bits per heavy atom. The molecule has 0 spiro atoms. The number of hydrogen-bond acceptors (Lipinski definition) is 3. The molecule has 2 aromatic rings. The number of benzene rings is 1. The van der Waals surface area contributed by atoms with Crippen LogP contribution in [0.15, 0.2) is 42.7 Å². The first-order chi connectivity index (χ1) is 11.2.